The van der Waals surface area contributed by atoms with Gasteiger partial charge < -0.3 is 10.1 Å². The van der Waals surface area contributed by atoms with Crippen molar-refractivity contribution < 1.29 is 4.74 Å². The smallest absolute Gasteiger partial charge is 0.119 e. The maximum atomic E-state index is 5.92. The second-order valence-electron chi connectivity index (χ2n) is 3.71. The second kappa shape index (κ2) is 5.60. The number of anilines is 1. The molecule has 0 amide bonds. The Kier molecular flexibility index (Phi) is 3.89. The van der Waals surface area contributed by atoms with Crippen LogP contribution in [0.25, 0.3) is 0 Å². The van der Waals surface area contributed by atoms with E-state index in [1.807, 2.05) is 48.5 Å². The summed E-state index contributed by atoms with van der Waals surface area (Å²) in [6, 6.07) is 15.7. The van der Waals surface area contributed by atoms with Crippen LogP contribution in [0.4, 0.5) is 5.69 Å². The minimum absolute atomic E-state index is 0.757. The van der Waals surface area contributed by atoms with Gasteiger partial charge in [-0.2, -0.15) is 0 Å². The summed E-state index contributed by atoms with van der Waals surface area (Å²) < 4.78 is 5.10. The quantitative estimate of drug-likeness (QED) is 0.883. The highest BCUT2D eigenvalue weighted by Gasteiger charge is 1.96. The Bertz CT molecular complexity index is 482. The predicted molar refractivity (Wildman–Crippen MR) is 71.8 cm³/mol. The number of halogens is 1. The van der Waals surface area contributed by atoms with Crippen molar-refractivity contribution in [3.8, 4) is 5.75 Å². The molecule has 2 rings (SSSR count). The van der Waals surface area contributed by atoms with Crippen LogP contribution >= 0.6 is 11.6 Å². The number of rotatable bonds is 4. The molecule has 2 aromatic carbocycles. The van der Waals surface area contributed by atoms with Crippen LogP contribution in [-0.4, -0.2) is 7.11 Å². The van der Waals surface area contributed by atoms with Crippen LogP contribution < -0.4 is 10.1 Å². The second-order valence-corrected chi connectivity index (χ2v) is 4.15. The SMILES string of the molecule is COc1ccc(NCc2cccc(Cl)c2)cc1. The van der Waals surface area contributed by atoms with Crippen LogP contribution in [0, 0.1) is 0 Å². The molecule has 0 spiro atoms. The van der Waals surface area contributed by atoms with Gasteiger partial charge >= 0.3 is 0 Å². The molecule has 1 N–H and O–H groups in total. The molecular formula is C14H14ClNO. The third-order valence-corrected chi connectivity index (χ3v) is 2.71. The Morgan fingerprint density at radius 2 is 1.88 bits per heavy atom. The van der Waals surface area contributed by atoms with Crippen molar-refractivity contribution in [3.63, 3.8) is 0 Å². The summed E-state index contributed by atoms with van der Waals surface area (Å²) in [6.07, 6.45) is 0. The number of ether oxygens (including phenoxy) is 1. The van der Waals surface area contributed by atoms with Crippen LogP contribution in [0.5, 0.6) is 5.75 Å². The van der Waals surface area contributed by atoms with Crippen molar-refractivity contribution in [1.82, 2.24) is 0 Å². The van der Waals surface area contributed by atoms with Gasteiger partial charge in [-0.3, -0.25) is 0 Å². The lowest BCUT2D eigenvalue weighted by molar-refractivity contribution is 0.415. The lowest BCUT2D eigenvalue weighted by Crippen LogP contribution is -1.98. The van der Waals surface area contributed by atoms with Crippen LogP contribution in [-0.2, 0) is 6.54 Å². The molecule has 2 nitrogen and oxygen atoms in total. The summed E-state index contributed by atoms with van der Waals surface area (Å²) in [6.45, 7) is 0.757. The number of methoxy groups -OCH3 is 1. The summed E-state index contributed by atoms with van der Waals surface area (Å²) >= 11 is 5.92. The molecule has 0 aliphatic heterocycles. The Balaban J connectivity index is 1.97. The average molecular weight is 248 g/mol. The highest BCUT2D eigenvalue weighted by molar-refractivity contribution is 6.30. The van der Waals surface area contributed by atoms with E-state index in [2.05, 4.69) is 5.32 Å². The molecule has 0 saturated heterocycles. The number of hydrogen-bond acceptors (Lipinski definition) is 2. The van der Waals surface area contributed by atoms with E-state index in [4.69, 9.17) is 16.3 Å². The third kappa shape index (κ3) is 3.40. The molecule has 0 saturated carbocycles. The first-order chi connectivity index (χ1) is 8.28. The number of nitrogens with one attached hydrogen (secondary N) is 1. The van der Waals surface area contributed by atoms with Crippen LogP contribution in [0.15, 0.2) is 48.5 Å². The molecule has 2 aromatic rings. The van der Waals surface area contributed by atoms with E-state index in [1.165, 1.54) is 0 Å². The summed E-state index contributed by atoms with van der Waals surface area (Å²) in [4.78, 5) is 0. The zero-order valence-electron chi connectivity index (χ0n) is 9.61. The first-order valence-corrected chi connectivity index (χ1v) is 5.78. The fourth-order valence-electron chi connectivity index (χ4n) is 1.56. The monoisotopic (exact) mass is 247 g/mol. The van der Waals surface area contributed by atoms with Crippen LogP contribution in [0.2, 0.25) is 5.02 Å². The molecule has 0 aromatic heterocycles. The van der Waals surface area contributed by atoms with Crippen molar-refractivity contribution in [1.29, 1.82) is 0 Å². The van der Waals surface area contributed by atoms with E-state index in [0.717, 1.165) is 28.6 Å². The lowest BCUT2D eigenvalue weighted by atomic mass is 10.2. The van der Waals surface area contributed by atoms with E-state index in [0.29, 0.717) is 0 Å². The fourth-order valence-corrected chi connectivity index (χ4v) is 1.77. The summed E-state index contributed by atoms with van der Waals surface area (Å²) in [7, 11) is 1.66. The molecule has 0 fully saturated rings. The Labute approximate surface area is 106 Å². The van der Waals surface area contributed by atoms with Gasteiger partial charge in [-0.05, 0) is 42.0 Å². The third-order valence-electron chi connectivity index (χ3n) is 2.48. The minimum Gasteiger partial charge on any atom is -0.497 e. The van der Waals surface area contributed by atoms with Gasteiger partial charge in [0.15, 0.2) is 0 Å². The maximum Gasteiger partial charge on any atom is 0.119 e. The largest absolute Gasteiger partial charge is 0.497 e. The van der Waals surface area contributed by atoms with E-state index in [-0.39, 0.29) is 0 Å². The molecule has 0 heterocycles. The molecule has 0 unspecified atom stereocenters. The zero-order valence-corrected chi connectivity index (χ0v) is 10.4. The topological polar surface area (TPSA) is 21.3 Å². The predicted octanol–water partition coefficient (Wildman–Crippen LogP) is 3.96. The Morgan fingerprint density at radius 1 is 1.12 bits per heavy atom. The molecule has 0 aliphatic carbocycles. The first-order valence-electron chi connectivity index (χ1n) is 5.40. The Hall–Kier alpha value is -1.67. The van der Waals surface area contributed by atoms with Gasteiger partial charge in [0.05, 0.1) is 7.11 Å². The normalized spacial score (nSPS) is 10.0. The molecule has 0 aliphatic rings. The number of benzene rings is 2. The van der Waals surface area contributed by atoms with Gasteiger partial charge in [0.2, 0.25) is 0 Å². The summed E-state index contributed by atoms with van der Waals surface area (Å²) in [5.41, 5.74) is 2.22. The molecule has 3 heteroatoms. The first kappa shape index (κ1) is 11.8. The minimum atomic E-state index is 0.757. The molecule has 17 heavy (non-hydrogen) atoms. The highest BCUT2D eigenvalue weighted by Crippen LogP contribution is 2.16. The molecule has 0 bridgehead atoms. The molecule has 88 valence electrons. The van der Waals surface area contributed by atoms with Gasteiger partial charge in [-0.25, -0.2) is 0 Å². The summed E-state index contributed by atoms with van der Waals surface area (Å²) in [5, 5.41) is 4.09. The van der Waals surface area contributed by atoms with Gasteiger partial charge in [0.25, 0.3) is 0 Å². The van der Waals surface area contributed by atoms with Gasteiger partial charge in [-0.15, -0.1) is 0 Å². The highest BCUT2D eigenvalue weighted by atomic mass is 35.5. The van der Waals surface area contributed by atoms with Crippen LogP contribution in [0.1, 0.15) is 5.56 Å². The van der Waals surface area contributed by atoms with E-state index < -0.39 is 0 Å². The van der Waals surface area contributed by atoms with E-state index in [9.17, 15) is 0 Å². The number of hydrogen-bond donors (Lipinski definition) is 1. The average Bonchev–Trinajstić information content (AvgIpc) is 2.37. The van der Waals surface area contributed by atoms with Gasteiger partial charge in [0.1, 0.15) is 5.75 Å². The van der Waals surface area contributed by atoms with Crippen LogP contribution in [0.3, 0.4) is 0 Å². The molecular weight excluding hydrogens is 234 g/mol. The lowest BCUT2D eigenvalue weighted by Gasteiger charge is -2.07. The van der Waals surface area contributed by atoms with Gasteiger partial charge in [-0.1, -0.05) is 23.7 Å². The van der Waals surface area contributed by atoms with Crippen molar-refractivity contribution >= 4 is 17.3 Å². The zero-order chi connectivity index (χ0) is 12.1. The maximum absolute atomic E-state index is 5.92. The van der Waals surface area contributed by atoms with Crippen molar-refractivity contribution in [2.45, 2.75) is 6.54 Å². The Morgan fingerprint density at radius 3 is 2.53 bits per heavy atom. The van der Waals surface area contributed by atoms with E-state index >= 15 is 0 Å². The van der Waals surface area contributed by atoms with E-state index in [1.54, 1.807) is 7.11 Å². The summed E-state index contributed by atoms with van der Waals surface area (Å²) in [5.74, 6) is 0.860. The fraction of sp³-hybridized carbons (Fsp3) is 0.143. The van der Waals surface area contributed by atoms with Crippen molar-refractivity contribution in [2.24, 2.45) is 0 Å². The molecule has 0 atom stereocenters. The van der Waals surface area contributed by atoms with Gasteiger partial charge in [0, 0.05) is 17.3 Å². The van der Waals surface area contributed by atoms with Crippen molar-refractivity contribution in [2.75, 3.05) is 12.4 Å². The van der Waals surface area contributed by atoms with Crippen molar-refractivity contribution in [3.05, 3.63) is 59.1 Å². The standard InChI is InChI=1S/C14H14ClNO/c1-17-14-7-5-13(6-8-14)16-10-11-3-2-4-12(15)9-11/h2-9,16H,10H2,1H3. The molecule has 0 radical (unpaired) electrons.